The highest BCUT2D eigenvalue weighted by atomic mass is 32.2. The molecular formula is C35H38F2O7S2. The van der Waals surface area contributed by atoms with Gasteiger partial charge in [-0.25, -0.2) is 13.2 Å². The van der Waals surface area contributed by atoms with E-state index in [1.54, 1.807) is 0 Å². The van der Waals surface area contributed by atoms with Gasteiger partial charge in [0.1, 0.15) is 15.9 Å². The first-order chi connectivity index (χ1) is 21.9. The number of carbonyl (C=O) groups excluding carboxylic acids is 2. The zero-order valence-corrected chi connectivity index (χ0v) is 27.2. The Morgan fingerprint density at radius 3 is 1.57 bits per heavy atom. The van der Waals surface area contributed by atoms with Crippen LogP contribution in [-0.4, -0.2) is 42.9 Å². The Kier molecular flexibility index (Phi) is 10.5. The lowest BCUT2D eigenvalue weighted by molar-refractivity contribution is -0.232. The molecule has 0 aliphatic heterocycles. The summed E-state index contributed by atoms with van der Waals surface area (Å²) in [5.41, 5.74) is -0.663. The van der Waals surface area contributed by atoms with E-state index in [4.69, 9.17) is 4.74 Å². The highest BCUT2D eigenvalue weighted by Crippen LogP contribution is 2.60. The van der Waals surface area contributed by atoms with Crippen molar-refractivity contribution in [3.8, 4) is 0 Å². The summed E-state index contributed by atoms with van der Waals surface area (Å²) in [6.07, 6.45) is -0.776. The summed E-state index contributed by atoms with van der Waals surface area (Å²) < 4.78 is 67.5. The van der Waals surface area contributed by atoms with Crippen molar-refractivity contribution in [3.05, 3.63) is 91.0 Å². The third-order valence-electron chi connectivity index (χ3n) is 8.89. The van der Waals surface area contributed by atoms with E-state index >= 15 is 0 Å². The van der Waals surface area contributed by atoms with Crippen LogP contribution >= 0.6 is 0 Å². The molecule has 7 rings (SSSR count). The van der Waals surface area contributed by atoms with E-state index in [1.807, 2.05) is 0 Å². The molecule has 0 radical (unpaired) electrons. The minimum atomic E-state index is -5.30. The first-order valence-corrected chi connectivity index (χ1v) is 18.3. The van der Waals surface area contributed by atoms with Crippen molar-refractivity contribution in [2.24, 2.45) is 23.2 Å². The Morgan fingerprint density at radius 2 is 1.22 bits per heavy atom. The lowest BCUT2D eigenvalue weighted by Gasteiger charge is -2.55. The van der Waals surface area contributed by atoms with E-state index in [-0.39, 0.29) is 17.3 Å². The monoisotopic (exact) mass is 672 g/mol. The van der Waals surface area contributed by atoms with Crippen molar-refractivity contribution in [2.45, 2.75) is 78.8 Å². The molecule has 1 atom stereocenters. The second kappa shape index (κ2) is 14.2. The van der Waals surface area contributed by atoms with E-state index in [9.17, 15) is 31.3 Å². The number of rotatable bonds is 10. The average Bonchev–Trinajstić information content (AvgIpc) is 2.99. The van der Waals surface area contributed by atoms with Crippen LogP contribution in [0.5, 0.6) is 0 Å². The Labute approximate surface area is 271 Å². The number of hydrogen-bond donors (Lipinski definition) is 0. The number of hydrogen-bond acceptors (Lipinski definition) is 7. The van der Waals surface area contributed by atoms with Crippen LogP contribution in [0.4, 0.5) is 8.78 Å². The summed E-state index contributed by atoms with van der Waals surface area (Å²) in [4.78, 5) is 28.8. The first kappa shape index (κ1) is 34.1. The maximum atomic E-state index is 13.5. The predicted octanol–water partition coefficient (Wildman–Crippen LogP) is 6.99. The van der Waals surface area contributed by atoms with E-state index in [1.165, 1.54) is 21.6 Å². The highest BCUT2D eigenvalue weighted by molar-refractivity contribution is 7.97. The quantitative estimate of drug-likeness (QED) is 0.130. The minimum Gasteiger partial charge on any atom is -0.748 e. The molecular weight excluding hydrogens is 635 g/mol. The molecule has 0 heterocycles. The molecule has 4 aliphatic rings. The van der Waals surface area contributed by atoms with Crippen LogP contribution in [0.25, 0.3) is 0 Å². The summed E-state index contributed by atoms with van der Waals surface area (Å²) in [5.74, 6) is -2.90. The molecule has 3 aromatic rings. The number of benzene rings is 3. The Hall–Kier alpha value is -3.28. The van der Waals surface area contributed by atoms with Crippen molar-refractivity contribution < 1.29 is 40.8 Å². The molecule has 246 valence electrons. The summed E-state index contributed by atoms with van der Waals surface area (Å²) in [6, 6.07) is 32.2. The van der Waals surface area contributed by atoms with E-state index < -0.39 is 45.4 Å². The number of alkyl halides is 2. The molecule has 0 saturated heterocycles. The normalized spacial score (nSPS) is 24.1. The van der Waals surface area contributed by atoms with Crippen LogP contribution in [0.1, 0.15) is 51.9 Å². The Balaban J connectivity index is 0.000000192. The lowest BCUT2D eigenvalue weighted by Crippen LogP contribution is -2.51. The molecule has 3 aromatic carbocycles. The van der Waals surface area contributed by atoms with Gasteiger partial charge in [-0.1, -0.05) is 61.5 Å². The van der Waals surface area contributed by atoms with Gasteiger partial charge < -0.3 is 14.0 Å². The molecule has 4 saturated carbocycles. The maximum Gasteiger partial charge on any atom is 0.413 e. The number of ether oxygens (including phenoxy) is 2. The molecule has 11 heteroatoms. The van der Waals surface area contributed by atoms with E-state index in [2.05, 4.69) is 95.7 Å². The zero-order chi connectivity index (χ0) is 33.0. The Bertz CT molecular complexity index is 1460. The van der Waals surface area contributed by atoms with Gasteiger partial charge in [-0.15, -0.1) is 0 Å². The zero-order valence-electron chi connectivity index (χ0n) is 25.6. The number of carbonyl (C=O) groups is 2. The van der Waals surface area contributed by atoms with Crippen LogP contribution in [-0.2, 0) is 40.1 Å². The van der Waals surface area contributed by atoms with Gasteiger partial charge in [0.05, 0.1) is 16.3 Å². The van der Waals surface area contributed by atoms with Crippen LogP contribution in [0.15, 0.2) is 106 Å². The largest absolute Gasteiger partial charge is 0.748 e. The summed E-state index contributed by atoms with van der Waals surface area (Å²) in [5, 5.41) is 0. The molecule has 4 fully saturated rings. The van der Waals surface area contributed by atoms with Crippen LogP contribution in [0, 0.1) is 23.2 Å². The minimum absolute atomic E-state index is 0.0146. The summed E-state index contributed by atoms with van der Waals surface area (Å²) in [7, 11) is -5.31. The van der Waals surface area contributed by atoms with Crippen LogP contribution in [0.2, 0.25) is 0 Å². The highest BCUT2D eigenvalue weighted by Gasteiger charge is 2.56. The lowest BCUT2D eigenvalue weighted by atomic mass is 9.49. The van der Waals surface area contributed by atoms with Gasteiger partial charge in [-0.3, -0.25) is 4.79 Å². The van der Waals surface area contributed by atoms with Gasteiger partial charge in [0.2, 0.25) is 0 Å². The molecule has 1 unspecified atom stereocenters. The predicted molar refractivity (Wildman–Crippen MR) is 168 cm³/mol. The number of halogens is 2. The molecule has 0 amide bonds. The SMILES string of the molecule is CCC(OC(=O)C12CC3CC(CC(C3)C1)C2)C(=O)OC(F)(F)CS(=O)(=O)[O-].c1ccc([S+](c2ccccc2)c2ccccc2)cc1. The van der Waals surface area contributed by atoms with E-state index in [0.29, 0.717) is 37.0 Å². The molecule has 46 heavy (non-hydrogen) atoms. The first-order valence-electron chi connectivity index (χ1n) is 15.5. The molecule has 0 spiro atoms. The van der Waals surface area contributed by atoms with Crippen molar-refractivity contribution in [1.29, 1.82) is 0 Å². The van der Waals surface area contributed by atoms with Gasteiger partial charge in [0.25, 0.3) is 0 Å². The van der Waals surface area contributed by atoms with Crippen molar-refractivity contribution >= 4 is 33.0 Å². The standard InChI is InChI=1S/C18H15S.C17H24F2O7S/c1-4-10-16(11-5-1)19(17-12-6-2-7-13-17)18-14-8-3-9-15-18;1-2-13(14(20)26-17(18,19)9-27(22,23)24)25-15(21)16-6-10-3-11(7-16)5-12(4-10)8-16/h1-15H;10-13H,2-9H2,1H3,(H,22,23,24)/q+1;/p-1. The van der Waals surface area contributed by atoms with Crippen LogP contribution < -0.4 is 0 Å². The third kappa shape index (κ3) is 8.54. The fourth-order valence-corrected chi connectivity index (χ4v) is 10.0. The fraction of sp³-hybridized carbons (Fsp3) is 0.429. The van der Waals surface area contributed by atoms with Crippen molar-refractivity contribution in [3.63, 3.8) is 0 Å². The summed E-state index contributed by atoms with van der Waals surface area (Å²) in [6.45, 7) is 1.46. The molecule has 0 N–H and O–H groups in total. The van der Waals surface area contributed by atoms with E-state index in [0.717, 1.165) is 19.3 Å². The van der Waals surface area contributed by atoms with Gasteiger partial charge >= 0.3 is 18.0 Å². The topological polar surface area (TPSA) is 110 Å². The molecule has 0 aromatic heterocycles. The van der Waals surface area contributed by atoms with Gasteiger partial charge in [-0.2, -0.15) is 8.78 Å². The molecule has 4 bridgehead atoms. The van der Waals surface area contributed by atoms with Gasteiger partial charge in [-0.05, 0) is 99.1 Å². The number of esters is 2. The van der Waals surface area contributed by atoms with Crippen molar-refractivity contribution in [2.75, 3.05) is 5.75 Å². The third-order valence-corrected chi connectivity index (χ3v) is 11.8. The average molecular weight is 673 g/mol. The summed E-state index contributed by atoms with van der Waals surface area (Å²) >= 11 is 0. The molecule has 7 nitrogen and oxygen atoms in total. The Morgan fingerprint density at radius 1 is 0.826 bits per heavy atom. The van der Waals surface area contributed by atoms with Crippen molar-refractivity contribution in [1.82, 2.24) is 0 Å². The molecule has 4 aliphatic carbocycles. The second-order valence-corrected chi connectivity index (χ2v) is 15.9. The second-order valence-electron chi connectivity index (χ2n) is 12.5. The smallest absolute Gasteiger partial charge is 0.413 e. The van der Waals surface area contributed by atoms with Gasteiger partial charge in [0, 0.05) is 0 Å². The van der Waals surface area contributed by atoms with Crippen LogP contribution in [0.3, 0.4) is 0 Å². The maximum absolute atomic E-state index is 13.5. The fourth-order valence-electron chi connectivity index (χ4n) is 7.44. The van der Waals surface area contributed by atoms with Gasteiger partial charge in [0.15, 0.2) is 20.8 Å².